The molecule has 1 aromatic heterocycles. The van der Waals surface area contributed by atoms with Gasteiger partial charge in [0.15, 0.2) is 11.7 Å². The van der Waals surface area contributed by atoms with Crippen molar-refractivity contribution in [2.45, 2.75) is 20.5 Å². The quantitative estimate of drug-likeness (QED) is 0.769. The Labute approximate surface area is 88.7 Å². The van der Waals surface area contributed by atoms with E-state index in [-0.39, 0.29) is 0 Å². The van der Waals surface area contributed by atoms with Crippen molar-refractivity contribution in [1.29, 1.82) is 0 Å². The van der Waals surface area contributed by atoms with Crippen LogP contribution >= 0.6 is 0 Å². The maximum absolute atomic E-state index is 5.55. The molecule has 3 heteroatoms. The molecule has 0 aliphatic carbocycles. The van der Waals surface area contributed by atoms with E-state index in [4.69, 9.17) is 9.15 Å². The van der Waals surface area contributed by atoms with Gasteiger partial charge in [-0.2, -0.15) is 0 Å². The van der Waals surface area contributed by atoms with Crippen LogP contribution in [-0.4, -0.2) is 4.98 Å². The number of ether oxygens (including phenoxy) is 1. The van der Waals surface area contributed by atoms with Crippen LogP contribution in [0.3, 0.4) is 0 Å². The molecule has 15 heavy (non-hydrogen) atoms. The smallest absolute Gasteiger partial charge is 0.191 e. The molecule has 1 aromatic carbocycles. The lowest BCUT2D eigenvalue weighted by atomic mass is 10.2. The molecule has 78 valence electrons. The summed E-state index contributed by atoms with van der Waals surface area (Å²) < 4.78 is 10.9. The van der Waals surface area contributed by atoms with Crippen molar-refractivity contribution in [3.63, 3.8) is 0 Å². The lowest BCUT2D eigenvalue weighted by Crippen LogP contribution is -1.93. The van der Waals surface area contributed by atoms with E-state index in [1.54, 1.807) is 6.20 Å². The Kier molecular flexibility index (Phi) is 2.72. The molecule has 0 saturated heterocycles. The number of oxazole rings is 1. The molecule has 0 N–H and O–H groups in total. The minimum absolute atomic E-state index is 0.421. The molecule has 1 heterocycles. The summed E-state index contributed by atoms with van der Waals surface area (Å²) in [5.41, 5.74) is 1.18. The minimum Gasteiger partial charge on any atom is -0.486 e. The van der Waals surface area contributed by atoms with Gasteiger partial charge in [0.1, 0.15) is 12.4 Å². The number of hydrogen-bond acceptors (Lipinski definition) is 3. The average molecular weight is 203 g/mol. The number of nitrogens with zero attached hydrogens (tertiary/aromatic N) is 1. The number of aryl methyl sites for hydroxylation is 2. The zero-order chi connectivity index (χ0) is 10.7. The molecule has 0 aliphatic rings. The van der Waals surface area contributed by atoms with Crippen molar-refractivity contribution in [3.05, 3.63) is 47.7 Å². The predicted molar refractivity (Wildman–Crippen MR) is 56.8 cm³/mol. The Morgan fingerprint density at radius 2 is 2.20 bits per heavy atom. The minimum atomic E-state index is 0.421. The van der Waals surface area contributed by atoms with Gasteiger partial charge in [0.25, 0.3) is 0 Å². The average Bonchev–Trinajstić information content (AvgIpc) is 2.62. The van der Waals surface area contributed by atoms with E-state index in [0.29, 0.717) is 12.5 Å². The first-order valence-corrected chi connectivity index (χ1v) is 4.85. The van der Waals surface area contributed by atoms with Gasteiger partial charge in [0.05, 0.1) is 6.20 Å². The lowest BCUT2D eigenvalue weighted by molar-refractivity contribution is 0.267. The van der Waals surface area contributed by atoms with E-state index in [0.717, 1.165) is 11.5 Å². The van der Waals surface area contributed by atoms with Gasteiger partial charge in [0.2, 0.25) is 0 Å². The molecule has 0 aliphatic heterocycles. The molecule has 0 amide bonds. The van der Waals surface area contributed by atoms with E-state index in [2.05, 4.69) is 4.98 Å². The van der Waals surface area contributed by atoms with Crippen molar-refractivity contribution in [2.24, 2.45) is 0 Å². The van der Waals surface area contributed by atoms with Crippen molar-refractivity contribution < 1.29 is 9.15 Å². The number of benzene rings is 1. The highest BCUT2D eigenvalue weighted by Gasteiger charge is 2.00. The summed E-state index contributed by atoms with van der Waals surface area (Å²) in [6, 6.07) is 7.92. The fraction of sp³-hybridized carbons (Fsp3) is 0.250. The Bertz CT molecular complexity index is 448. The third-order valence-electron chi connectivity index (χ3n) is 2.04. The van der Waals surface area contributed by atoms with Crippen molar-refractivity contribution >= 4 is 0 Å². The summed E-state index contributed by atoms with van der Waals surface area (Å²) >= 11 is 0. The zero-order valence-electron chi connectivity index (χ0n) is 8.86. The molecule has 0 bridgehead atoms. The van der Waals surface area contributed by atoms with Crippen LogP contribution in [-0.2, 0) is 6.61 Å². The van der Waals surface area contributed by atoms with Gasteiger partial charge in [-0.15, -0.1) is 0 Å². The Morgan fingerprint density at radius 1 is 1.33 bits per heavy atom. The first kappa shape index (κ1) is 9.77. The topological polar surface area (TPSA) is 35.3 Å². The monoisotopic (exact) mass is 203 g/mol. The molecule has 3 nitrogen and oxygen atoms in total. The third kappa shape index (κ3) is 2.59. The standard InChI is InChI=1S/C12H13NO2/c1-9-4-3-5-11(6-9)14-8-12-7-13-10(2)15-12/h3-7H,8H2,1-2H3. The summed E-state index contributed by atoms with van der Waals surface area (Å²) in [5, 5.41) is 0. The molecule has 0 fully saturated rings. The summed E-state index contributed by atoms with van der Waals surface area (Å²) in [5.74, 6) is 2.26. The highest BCUT2D eigenvalue weighted by Crippen LogP contribution is 2.14. The van der Waals surface area contributed by atoms with Crippen LogP contribution in [0.4, 0.5) is 0 Å². The maximum atomic E-state index is 5.55. The van der Waals surface area contributed by atoms with E-state index in [9.17, 15) is 0 Å². The molecule has 0 atom stereocenters. The highest BCUT2D eigenvalue weighted by atomic mass is 16.5. The summed E-state index contributed by atoms with van der Waals surface area (Å²) in [6.45, 7) is 4.27. The lowest BCUT2D eigenvalue weighted by Gasteiger charge is -2.03. The fourth-order valence-corrected chi connectivity index (χ4v) is 1.33. The Balaban J connectivity index is 1.99. The van der Waals surface area contributed by atoms with Crippen LogP contribution in [0.5, 0.6) is 5.75 Å². The molecule has 0 saturated carbocycles. The first-order chi connectivity index (χ1) is 7.24. The Morgan fingerprint density at radius 3 is 2.87 bits per heavy atom. The van der Waals surface area contributed by atoms with Crippen LogP contribution in [0, 0.1) is 13.8 Å². The summed E-state index contributed by atoms with van der Waals surface area (Å²) in [4.78, 5) is 4.00. The molecular formula is C12H13NO2. The highest BCUT2D eigenvalue weighted by molar-refractivity contribution is 5.27. The first-order valence-electron chi connectivity index (χ1n) is 4.85. The van der Waals surface area contributed by atoms with Crippen LogP contribution in [0.25, 0.3) is 0 Å². The van der Waals surface area contributed by atoms with E-state index in [1.165, 1.54) is 5.56 Å². The van der Waals surface area contributed by atoms with Crippen LogP contribution in [0.1, 0.15) is 17.2 Å². The molecule has 0 unspecified atom stereocenters. The number of hydrogen-bond donors (Lipinski definition) is 0. The van der Waals surface area contributed by atoms with Crippen molar-refractivity contribution in [3.8, 4) is 5.75 Å². The van der Waals surface area contributed by atoms with Crippen molar-refractivity contribution in [2.75, 3.05) is 0 Å². The van der Waals surface area contributed by atoms with E-state index >= 15 is 0 Å². The summed E-state index contributed by atoms with van der Waals surface area (Å²) in [7, 11) is 0. The van der Waals surface area contributed by atoms with E-state index < -0.39 is 0 Å². The van der Waals surface area contributed by atoms with Gasteiger partial charge in [0, 0.05) is 6.92 Å². The van der Waals surface area contributed by atoms with E-state index in [1.807, 2.05) is 38.1 Å². The van der Waals surface area contributed by atoms with Gasteiger partial charge in [-0.3, -0.25) is 0 Å². The Hall–Kier alpha value is -1.77. The number of aromatic nitrogens is 1. The normalized spacial score (nSPS) is 10.3. The third-order valence-corrected chi connectivity index (χ3v) is 2.04. The second-order valence-corrected chi connectivity index (χ2v) is 3.45. The van der Waals surface area contributed by atoms with Crippen LogP contribution in [0.2, 0.25) is 0 Å². The molecule has 0 radical (unpaired) electrons. The summed E-state index contributed by atoms with van der Waals surface area (Å²) in [6.07, 6.45) is 1.69. The zero-order valence-corrected chi connectivity index (χ0v) is 8.86. The van der Waals surface area contributed by atoms with Crippen molar-refractivity contribution in [1.82, 2.24) is 4.98 Å². The molecular weight excluding hydrogens is 190 g/mol. The molecule has 2 rings (SSSR count). The largest absolute Gasteiger partial charge is 0.486 e. The van der Waals surface area contributed by atoms with Gasteiger partial charge in [-0.25, -0.2) is 4.98 Å². The van der Waals surface area contributed by atoms with Gasteiger partial charge >= 0.3 is 0 Å². The molecule has 0 spiro atoms. The predicted octanol–water partition coefficient (Wildman–Crippen LogP) is 2.87. The second-order valence-electron chi connectivity index (χ2n) is 3.45. The van der Waals surface area contributed by atoms with Gasteiger partial charge in [-0.05, 0) is 24.6 Å². The number of rotatable bonds is 3. The van der Waals surface area contributed by atoms with Crippen LogP contribution < -0.4 is 4.74 Å². The fourth-order valence-electron chi connectivity index (χ4n) is 1.33. The SMILES string of the molecule is Cc1cccc(OCc2cnc(C)o2)c1. The maximum Gasteiger partial charge on any atom is 0.191 e. The van der Waals surface area contributed by atoms with Crippen LogP contribution in [0.15, 0.2) is 34.9 Å². The molecule has 2 aromatic rings. The van der Waals surface area contributed by atoms with Gasteiger partial charge < -0.3 is 9.15 Å². The van der Waals surface area contributed by atoms with Gasteiger partial charge in [-0.1, -0.05) is 12.1 Å². The second kappa shape index (κ2) is 4.17.